The molecule has 0 aliphatic carbocycles. The van der Waals surface area contributed by atoms with Crippen molar-refractivity contribution in [3.05, 3.63) is 118 Å². The third kappa shape index (κ3) is 8.41. The van der Waals surface area contributed by atoms with Gasteiger partial charge in [0.05, 0.1) is 36.0 Å². The van der Waals surface area contributed by atoms with E-state index in [0.717, 1.165) is 42.4 Å². The second-order valence-electron chi connectivity index (χ2n) is 13.7. The fraction of sp³-hybridized carbons (Fsp3) is 0.357. The maximum absolute atomic E-state index is 14.6. The Hall–Kier alpha value is -5.55. The SMILES string of the molecule is CCCCN(CCCC)C(=O)c1cc(C)n(-c2ccc(NC(=O)Cc3nc(-c4ccccc4)oc3C)cc2C(=O)N2Cc3ccccc3C[C@H]2CO)n1. The van der Waals surface area contributed by atoms with Crippen LogP contribution in [0.2, 0.25) is 0 Å². The molecule has 1 aliphatic rings. The number of hydrogen-bond donors (Lipinski definition) is 2. The maximum Gasteiger partial charge on any atom is 0.274 e. The number of carbonyl (C=O) groups excluding carboxylic acids is 3. The first-order valence-corrected chi connectivity index (χ1v) is 18.5. The summed E-state index contributed by atoms with van der Waals surface area (Å²) in [5.74, 6) is 0.204. The van der Waals surface area contributed by atoms with Gasteiger partial charge in [0.25, 0.3) is 11.8 Å². The number of benzene rings is 3. The predicted octanol–water partition coefficient (Wildman–Crippen LogP) is 6.93. The number of amides is 3. The number of hydrogen-bond acceptors (Lipinski definition) is 7. The molecule has 53 heavy (non-hydrogen) atoms. The lowest BCUT2D eigenvalue weighted by atomic mass is 9.93. The number of rotatable bonds is 14. The Morgan fingerprint density at radius 2 is 1.62 bits per heavy atom. The number of anilines is 1. The quantitative estimate of drug-likeness (QED) is 0.127. The lowest BCUT2D eigenvalue weighted by Crippen LogP contribution is -2.46. The van der Waals surface area contributed by atoms with Crippen LogP contribution in [0.25, 0.3) is 17.1 Å². The van der Waals surface area contributed by atoms with Gasteiger partial charge in [-0.15, -0.1) is 0 Å². The van der Waals surface area contributed by atoms with Crippen molar-refractivity contribution in [3.63, 3.8) is 0 Å². The minimum Gasteiger partial charge on any atom is -0.441 e. The number of aliphatic hydroxyl groups excluding tert-OH is 1. The van der Waals surface area contributed by atoms with Gasteiger partial charge < -0.3 is 24.6 Å². The normalized spacial score (nSPS) is 13.8. The molecule has 0 radical (unpaired) electrons. The summed E-state index contributed by atoms with van der Waals surface area (Å²) >= 11 is 0. The number of nitrogens with zero attached hydrogens (tertiary/aromatic N) is 5. The third-order valence-electron chi connectivity index (χ3n) is 9.76. The molecule has 0 saturated heterocycles. The van der Waals surface area contributed by atoms with Gasteiger partial charge in [-0.3, -0.25) is 14.4 Å². The van der Waals surface area contributed by atoms with Gasteiger partial charge in [0.15, 0.2) is 5.69 Å². The lowest BCUT2D eigenvalue weighted by Gasteiger charge is -2.36. The minimum atomic E-state index is -0.445. The van der Waals surface area contributed by atoms with Crippen LogP contribution in [0.5, 0.6) is 0 Å². The van der Waals surface area contributed by atoms with Gasteiger partial charge in [0.2, 0.25) is 11.8 Å². The highest BCUT2D eigenvalue weighted by atomic mass is 16.4. The molecular weight excluding hydrogens is 668 g/mol. The summed E-state index contributed by atoms with van der Waals surface area (Å²) in [6, 6.07) is 23.8. The summed E-state index contributed by atoms with van der Waals surface area (Å²) in [6.45, 7) is 9.25. The number of oxazole rings is 1. The van der Waals surface area contributed by atoms with E-state index in [-0.39, 0.29) is 36.3 Å². The maximum atomic E-state index is 14.6. The zero-order chi connectivity index (χ0) is 37.5. The summed E-state index contributed by atoms with van der Waals surface area (Å²) in [7, 11) is 0. The summed E-state index contributed by atoms with van der Waals surface area (Å²) in [5, 5.41) is 18.1. The molecule has 3 amide bonds. The number of fused-ring (bicyclic) bond motifs is 1. The third-order valence-corrected chi connectivity index (χ3v) is 9.76. The van der Waals surface area contributed by atoms with Crippen LogP contribution in [0.3, 0.4) is 0 Å². The van der Waals surface area contributed by atoms with E-state index in [9.17, 15) is 19.5 Å². The molecule has 3 heterocycles. The summed E-state index contributed by atoms with van der Waals surface area (Å²) in [5.41, 5.74) is 5.59. The smallest absolute Gasteiger partial charge is 0.274 e. The van der Waals surface area contributed by atoms with Crippen LogP contribution in [0.4, 0.5) is 5.69 Å². The molecule has 3 aromatic carbocycles. The molecule has 0 unspecified atom stereocenters. The Balaban J connectivity index is 1.33. The van der Waals surface area contributed by atoms with Crippen molar-refractivity contribution in [2.75, 3.05) is 25.0 Å². The summed E-state index contributed by atoms with van der Waals surface area (Å²) < 4.78 is 7.49. The van der Waals surface area contributed by atoms with E-state index >= 15 is 0 Å². The Bertz CT molecular complexity index is 2060. The molecule has 0 fully saturated rings. The molecule has 11 heteroatoms. The zero-order valence-electron chi connectivity index (χ0n) is 31.0. The lowest BCUT2D eigenvalue weighted by molar-refractivity contribution is -0.115. The van der Waals surface area contributed by atoms with Gasteiger partial charge in [0.1, 0.15) is 5.76 Å². The number of nitrogens with one attached hydrogen (secondary N) is 1. The first-order valence-electron chi connectivity index (χ1n) is 18.5. The number of carbonyl (C=O) groups is 3. The van der Waals surface area contributed by atoms with Gasteiger partial charge in [-0.1, -0.05) is 69.2 Å². The number of aromatic nitrogens is 3. The van der Waals surface area contributed by atoms with Crippen molar-refractivity contribution in [1.82, 2.24) is 24.6 Å². The van der Waals surface area contributed by atoms with E-state index in [1.54, 1.807) is 40.8 Å². The van der Waals surface area contributed by atoms with Crippen LogP contribution < -0.4 is 5.32 Å². The number of aryl methyl sites for hydroxylation is 2. The average Bonchev–Trinajstić information content (AvgIpc) is 3.75. The topological polar surface area (TPSA) is 134 Å². The van der Waals surface area contributed by atoms with Gasteiger partial charge >= 0.3 is 0 Å². The van der Waals surface area contributed by atoms with E-state index in [2.05, 4.69) is 24.1 Å². The summed E-state index contributed by atoms with van der Waals surface area (Å²) in [6.07, 6.45) is 4.23. The Morgan fingerprint density at radius 3 is 2.32 bits per heavy atom. The van der Waals surface area contributed by atoms with E-state index < -0.39 is 6.04 Å². The minimum absolute atomic E-state index is 0.0288. The Morgan fingerprint density at radius 1 is 0.925 bits per heavy atom. The number of aliphatic hydroxyl groups is 1. The van der Waals surface area contributed by atoms with Crippen LogP contribution in [-0.4, -0.2) is 73.1 Å². The van der Waals surface area contributed by atoms with E-state index in [0.29, 0.717) is 66.2 Å². The molecular formula is C42H48N6O5. The van der Waals surface area contributed by atoms with Crippen molar-refractivity contribution in [3.8, 4) is 17.1 Å². The standard InChI is InChI=1S/C42H48N6O5/c1-5-7-20-46(21-8-6-2)42(52)37-22-28(3)48(45-37)38-19-18-33(43-39(50)25-36-29(4)53-40(44-36)30-14-10-9-11-15-30)24-35(38)41(51)47-26-32-17-13-12-16-31(32)23-34(47)27-49/h9-19,22,24,34,49H,5-8,20-21,23,25-27H2,1-4H3,(H,43,50)/t34-/m0/s1. The molecule has 6 rings (SSSR count). The van der Waals surface area contributed by atoms with Crippen molar-refractivity contribution in [2.45, 2.75) is 78.8 Å². The van der Waals surface area contributed by atoms with Crippen LogP contribution >= 0.6 is 0 Å². The molecule has 2 N–H and O–H groups in total. The van der Waals surface area contributed by atoms with Crippen molar-refractivity contribution < 1.29 is 23.9 Å². The van der Waals surface area contributed by atoms with E-state index in [1.165, 1.54) is 0 Å². The molecule has 0 bridgehead atoms. The highest BCUT2D eigenvalue weighted by Gasteiger charge is 2.32. The van der Waals surface area contributed by atoms with Crippen LogP contribution in [-0.2, 0) is 24.2 Å². The van der Waals surface area contributed by atoms with Crippen LogP contribution in [0.15, 0.2) is 83.3 Å². The average molecular weight is 717 g/mol. The predicted molar refractivity (Wildman–Crippen MR) is 204 cm³/mol. The van der Waals surface area contributed by atoms with Gasteiger partial charge in [0, 0.05) is 36.6 Å². The summed E-state index contributed by atoms with van der Waals surface area (Å²) in [4.78, 5) is 49.9. The van der Waals surface area contributed by atoms with Crippen molar-refractivity contribution in [2.24, 2.45) is 0 Å². The van der Waals surface area contributed by atoms with Crippen LogP contribution in [0, 0.1) is 13.8 Å². The van der Waals surface area contributed by atoms with Gasteiger partial charge in [-0.25, -0.2) is 9.67 Å². The largest absolute Gasteiger partial charge is 0.441 e. The van der Waals surface area contributed by atoms with E-state index in [1.807, 2.05) is 66.4 Å². The highest BCUT2D eigenvalue weighted by Crippen LogP contribution is 2.29. The second kappa shape index (κ2) is 16.9. The fourth-order valence-electron chi connectivity index (χ4n) is 6.76. The fourth-order valence-corrected chi connectivity index (χ4v) is 6.76. The highest BCUT2D eigenvalue weighted by molar-refractivity contribution is 6.01. The molecule has 2 aromatic heterocycles. The first-order chi connectivity index (χ1) is 25.7. The van der Waals surface area contributed by atoms with Gasteiger partial charge in [-0.05, 0) is 80.6 Å². The van der Waals surface area contributed by atoms with Gasteiger partial charge in [-0.2, -0.15) is 5.10 Å². The molecule has 0 saturated carbocycles. The molecule has 11 nitrogen and oxygen atoms in total. The van der Waals surface area contributed by atoms with Crippen molar-refractivity contribution >= 4 is 23.4 Å². The van der Waals surface area contributed by atoms with Crippen LogP contribution in [0.1, 0.15) is 88.7 Å². The van der Waals surface area contributed by atoms with Crippen molar-refractivity contribution in [1.29, 1.82) is 0 Å². The molecule has 1 aliphatic heterocycles. The Kier molecular flexibility index (Phi) is 11.8. The second-order valence-corrected chi connectivity index (χ2v) is 13.7. The Labute approximate surface area is 310 Å². The molecule has 0 spiro atoms. The number of unbranched alkanes of at least 4 members (excludes halogenated alkanes) is 2. The zero-order valence-corrected chi connectivity index (χ0v) is 31.0. The first kappa shape index (κ1) is 37.2. The van der Waals surface area contributed by atoms with E-state index in [4.69, 9.17) is 9.52 Å². The monoisotopic (exact) mass is 716 g/mol. The molecule has 5 aromatic rings. The molecule has 276 valence electrons. The molecule has 1 atom stereocenters.